The third-order valence-corrected chi connectivity index (χ3v) is 2.10. The number of rotatable bonds is 10. The smallest absolute Gasteiger partial charge is 0.326 e. The molecule has 18 heavy (non-hydrogen) atoms. The summed E-state index contributed by atoms with van der Waals surface area (Å²) in [5, 5.41) is 22.3. The number of carbonyl (C=O) groups excluding carboxylic acids is 1. The minimum absolute atomic E-state index is 0.0912. The van der Waals surface area contributed by atoms with Gasteiger partial charge in [-0.15, -0.1) is 0 Å². The van der Waals surface area contributed by atoms with Crippen molar-refractivity contribution in [3.63, 3.8) is 0 Å². The third-order valence-electron chi connectivity index (χ3n) is 2.10. The van der Waals surface area contributed by atoms with Crippen LogP contribution in [-0.2, 0) is 14.4 Å². The molecule has 0 fully saturated rings. The molecule has 0 aromatic heterocycles. The van der Waals surface area contributed by atoms with Crippen molar-refractivity contribution in [3.8, 4) is 0 Å². The molecule has 6 N–H and O–H groups in total. The highest BCUT2D eigenvalue weighted by atomic mass is 16.4. The number of carboxylic acids is 2. The van der Waals surface area contributed by atoms with Crippen molar-refractivity contribution in [2.45, 2.75) is 25.3 Å². The summed E-state index contributed by atoms with van der Waals surface area (Å²) >= 11 is 0. The van der Waals surface area contributed by atoms with Crippen molar-refractivity contribution in [1.82, 2.24) is 10.6 Å². The van der Waals surface area contributed by atoms with Gasteiger partial charge in [-0.2, -0.15) is 0 Å². The highest BCUT2D eigenvalue weighted by Crippen LogP contribution is 1.93. The number of nitrogens with two attached hydrogens (primary N) is 1. The van der Waals surface area contributed by atoms with Gasteiger partial charge in [0.25, 0.3) is 0 Å². The molecule has 0 aromatic rings. The van der Waals surface area contributed by atoms with Gasteiger partial charge in [0.2, 0.25) is 5.91 Å². The molecule has 1 atom stereocenters. The Morgan fingerprint density at radius 2 is 1.83 bits per heavy atom. The van der Waals surface area contributed by atoms with Crippen LogP contribution in [0.25, 0.3) is 0 Å². The molecular weight excluding hydrogens is 242 g/mol. The molecule has 104 valence electrons. The first-order chi connectivity index (χ1) is 8.47. The Bertz CT molecular complexity index is 295. The van der Waals surface area contributed by atoms with E-state index < -0.39 is 30.3 Å². The lowest BCUT2D eigenvalue weighted by molar-refractivity contribution is -0.147. The summed E-state index contributed by atoms with van der Waals surface area (Å²) in [6, 6.07) is -1.39. The first-order valence-electron chi connectivity index (χ1n) is 5.62. The monoisotopic (exact) mass is 261 g/mol. The van der Waals surface area contributed by atoms with Gasteiger partial charge in [-0.05, 0) is 19.5 Å². The van der Waals surface area contributed by atoms with Crippen LogP contribution in [0.1, 0.15) is 19.3 Å². The Morgan fingerprint density at radius 3 is 2.33 bits per heavy atom. The summed E-state index contributed by atoms with van der Waals surface area (Å²) in [5.74, 6) is -3.13. The molecule has 0 aliphatic carbocycles. The van der Waals surface area contributed by atoms with Gasteiger partial charge in [0.15, 0.2) is 0 Å². The van der Waals surface area contributed by atoms with E-state index in [0.717, 1.165) is 6.42 Å². The third kappa shape index (κ3) is 8.48. The summed E-state index contributed by atoms with van der Waals surface area (Å²) in [5.41, 5.74) is 5.28. The fourth-order valence-corrected chi connectivity index (χ4v) is 1.20. The second-order valence-corrected chi connectivity index (χ2v) is 3.70. The predicted octanol–water partition coefficient (Wildman–Crippen LogP) is -1.64. The Hall–Kier alpha value is -1.67. The zero-order valence-corrected chi connectivity index (χ0v) is 10.0. The van der Waals surface area contributed by atoms with E-state index in [1.165, 1.54) is 0 Å². The van der Waals surface area contributed by atoms with E-state index in [9.17, 15) is 14.4 Å². The quantitative estimate of drug-likeness (QED) is 0.297. The summed E-state index contributed by atoms with van der Waals surface area (Å²) in [6.45, 7) is 1.63. The van der Waals surface area contributed by atoms with E-state index in [1.807, 2.05) is 0 Å². The second kappa shape index (κ2) is 9.37. The minimum Gasteiger partial charge on any atom is -0.481 e. The SMILES string of the molecule is NCCCNCCC(=O)N[C@@H](CC(=O)O)C(=O)O. The molecule has 0 spiro atoms. The largest absolute Gasteiger partial charge is 0.481 e. The lowest BCUT2D eigenvalue weighted by Crippen LogP contribution is -2.43. The van der Waals surface area contributed by atoms with Crippen molar-refractivity contribution < 1.29 is 24.6 Å². The summed E-state index contributed by atoms with van der Waals surface area (Å²) in [7, 11) is 0. The van der Waals surface area contributed by atoms with Crippen molar-refractivity contribution in [2.24, 2.45) is 5.73 Å². The predicted molar refractivity (Wildman–Crippen MR) is 63.0 cm³/mol. The summed E-state index contributed by atoms with van der Waals surface area (Å²) in [4.78, 5) is 32.4. The van der Waals surface area contributed by atoms with Crippen molar-refractivity contribution in [3.05, 3.63) is 0 Å². The number of carbonyl (C=O) groups is 3. The molecule has 0 rings (SSSR count). The first kappa shape index (κ1) is 16.3. The average molecular weight is 261 g/mol. The zero-order valence-electron chi connectivity index (χ0n) is 10.0. The highest BCUT2D eigenvalue weighted by Gasteiger charge is 2.22. The fraction of sp³-hybridized carbons (Fsp3) is 0.700. The van der Waals surface area contributed by atoms with Gasteiger partial charge >= 0.3 is 11.9 Å². The number of carboxylic acid groups (broad SMARTS) is 2. The number of aliphatic carboxylic acids is 2. The van der Waals surface area contributed by atoms with Gasteiger partial charge in [0, 0.05) is 13.0 Å². The van der Waals surface area contributed by atoms with Crippen molar-refractivity contribution in [1.29, 1.82) is 0 Å². The van der Waals surface area contributed by atoms with E-state index >= 15 is 0 Å². The maximum Gasteiger partial charge on any atom is 0.326 e. The van der Waals surface area contributed by atoms with Crippen LogP contribution in [0.3, 0.4) is 0 Å². The van der Waals surface area contributed by atoms with Gasteiger partial charge in [-0.25, -0.2) is 4.79 Å². The molecule has 0 saturated heterocycles. The summed E-state index contributed by atoms with van der Waals surface area (Å²) in [6.07, 6.45) is 0.244. The van der Waals surface area contributed by atoms with Crippen LogP contribution in [-0.4, -0.2) is 53.7 Å². The number of nitrogens with one attached hydrogen (secondary N) is 2. The van der Waals surface area contributed by atoms with E-state index in [1.54, 1.807) is 0 Å². The maximum atomic E-state index is 11.3. The van der Waals surface area contributed by atoms with E-state index in [2.05, 4.69) is 10.6 Å². The van der Waals surface area contributed by atoms with Crippen LogP contribution in [0.5, 0.6) is 0 Å². The molecule has 0 bridgehead atoms. The Kier molecular flexibility index (Phi) is 8.50. The topological polar surface area (TPSA) is 142 Å². The minimum atomic E-state index is -1.39. The van der Waals surface area contributed by atoms with Gasteiger partial charge in [-0.1, -0.05) is 0 Å². The molecule has 8 nitrogen and oxygen atoms in total. The summed E-state index contributed by atoms with van der Waals surface area (Å²) < 4.78 is 0. The Labute approximate surface area is 105 Å². The number of hydrogen-bond donors (Lipinski definition) is 5. The maximum absolute atomic E-state index is 11.3. The molecule has 0 saturated carbocycles. The molecule has 0 radical (unpaired) electrons. The van der Waals surface area contributed by atoms with Crippen LogP contribution in [0, 0.1) is 0 Å². The average Bonchev–Trinajstić information content (AvgIpc) is 2.27. The molecular formula is C10H19N3O5. The molecule has 0 aliphatic heterocycles. The highest BCUT2D eigenvalue weighted by molar-refractivity contribution is 5.86. The van der Waals surface area contributed by atoms with Gasteiger partial charge in [0.05, 0.1) is 6.42 Å². The van der Waals surface area contributed by atoms with Gasteiger partial charge in [0.1, 0.15) is 6.04 Å². The molecule has 0 aromatic carbocycles. The van der Waals surface area contributed by atoms with Gasteiger partial charge in [-0.3, -0.25) is 9.59 Å². The van der Waals surface area contributed by atoms with Gasteiger partial charge < -0.3 is 26.6 Å². The lowest BCUT2D eigenvalue weighted by Gasteiger charge is -2.12. The second-order valence-electron chi connectivity index (χ2n) is 3.70. The van der Waals surface area contributed by atoms with Crippen LogP contribution < -0.4 is 16.4 Å². The Balaban J connectivity index is 3.88. The van der Waals surface area contributed by atoms with E-state index in [0.29, 0.717) is 19.6 Å². The van der Waals surface area contributed by atoms with Crippen LogP contribution in [0.2, 0.25) is 0 Å². The van der Waals surface area contributed by atoms with Crippen LogP contribution >= 0.6 is 0 Å². The zero-order chi connectivity index (χ0) is 14.0. The lowest BCUT2D eigenvalue weighted by atomic mass is 10.2. The number of hydrogen-bond acceptors (Lipinski definition) is 5. The molecule has 0 heterocycles. The van der Waals surface area contributed by atoms with E-state index in [-0.39, 0.29) is 6.42 Å². The fourth-order valence-electron chi connectivity index (χ4n) is 1.20. The van der Waals surface area contributed by atoms with Crippen molar-refractivity contribution >= 4 is 17.8 Å². The van der Waals surface area contributed by atoms with Crippen molar-refractivity contribution in [2.75, 3.05) is 19.6 Å². The van der Waals surface area contributed by atoms with Crippen LogP contribution in [0.4, 0.5) is 0 Å². The molecule has 0 aliphatic rings. The van der Waals surface area contributed by atoms with E-state index in [4.69, 9.17) is 15.9 Å². The van der Waals surface area contributed by atoms with Crippen LogP contribution in [0.15, 0.2) is 0 Å². The normalized spacial score (nSPS) is 11.8. The number of amides is 1. The molecule has 8 heteroatoms. The molecule has 0 unspecified atom stereocenters. The Morgan fingerprint density at radius 1 is 1.17 bits per heavy atom. The standard InChI is InChI=1S/C10H19N3O5/c11-3-1-4-12-5-2-8(14)13-7(10(17)18)6-9(15)16/h7,12H,1-6,11H2,(H,13,14)(H,15,16)(H,17,18)/t7-/m0/s1. The molecule has 1 amide bonds. The first-order valence-corrected chi connectivity index (χ1v) is 5.62.